The number of amidine groups is 1. The summed E-state index contributed by atoms with van der Waals surface area (Å²) < 4.78 is 12.5. The Labute approximate surface area is 212 Å². The fourth-order valence-electron chi connectivity index (χ4n) is 3.34. The maximum atomic E-state index is 13.3. The van der Waals surface area contributed by atoms with E-state index in [1.54, 1.807) is 4.90 Å². The van der Waals surface area contributed by atoms with Crippen LogP contribution in [0.1, 0.15) is 18.1 Å². The molecule has 1 aliphatic rings. The Hall–Kier alpha value is -2.87. The van der Waals surface area contributed by atoms with Crippen LogP contribution in [0.25, 0.3) is 6.08 Å². The van der Waals surface area contributed by atoms with Gasteiger partial charge in [0.25, 0.3) is 5.91 Å². The lowest BCUT2D eigenvalue weighted by molar-refractivity contribution is -0.122. The molecule has 0 unspecified atom stereocenters. The third kappa shape index (κ3) is 6.38. The van der Waals surface area contributed by atoms with E-state index in [1.165, 1.54) is 11.8 Å². The highest BCUT2D eigenvalue weighted by molar-refractivity contribution is 9.10. The lowest BCUT2D eigenvalue weighted by atomic mass is 10.1. The molecule has 1 heterocycles. The van der Waals surface area contributed by atoms with Crippen molar-refractivity contribution in [1.29, 1.82) is 0 Å². The Morgan fingerprint density at radius 1 is 1.03 bits per heavy atom. The van der Waals surface area contributed by atoms with Gasteiger partial charge >= 0.3 is 0 Å². The van der Waals surface area contributed by atoms with Crippen LogP contribution in [-0.2, 0) is 16.1 Å². The van der Waals surface area contributed by atoms with Crippen LogP contribution in [-0.4, -0.2) is 35.7 Å². The summed E-state index contributed by atoms with van der Waals surface area (Å²) in [6, 6.07) is 25.5. The second-order valence-electron chi connectivity index (χ2n) is 7.45. The van der Waals surface area contributed by atoms with Gasteiger partial charge in [-0.15, -0.1) is 0 Å². The zero-order chi connectivity index (χ0) is 23.8. The molecule has 0 aliphatic carbocycles. The van der Waals surface area contributed by atoms with Crippen LogP contribution >= 0.6 is 27.7 Å². The average Bonchev–Trinajstić information content (AvgIpc) is 3.14. The van der Waals surface area contributed by atoms with E-state index in [-0.39, 0.29) is 5.91 Å². The number of para-hydroxylation sites is 1. The van der Waals surface area contributed by atoms with Crippen LogP contribution in [0.2, 0.25) is 0 Å². The fourth-order valence-corrected chi connectivity index (χ4v) is 4.74. The van der Waals surface area contributed by atoms with Crippen LogP contribution in [0, 0.1) is 0 Å². The number of benzene rings is 3. The largest absolute Gasteiger partial charge is 0.488 e. The predicted molar refractivity (Wildman–Crippen MR) is 142 cm³/mol. The van der Waals surface area contributed by atoms with Crippen LogP contribution < -0.4 is 4.74 Å². The van der Waals surface area contributed by atoms with Gasteiger partial charge in [-0.25, -0.2) is 4.99 Å². The molecular weight excluding hydrogens is 512 g/mol. The van der Waals surface area contributed by atoms with Crippen molar-refractivity contribution >= 4 is 50.5 Å². The van der Waals surface area contributed by atoms with Crippen molar-refractivity contribution < 1.29 is 14.3 Å². The molecule has 4 rings (SSSR count). The Balaban J connectivity index is 1.62. The molecule has 3 aromatic carbocycles. The molecule has 7 heteroatoms. The molecule has 1 saturated heterocycles. The second kappa shape index (κ2) is 12.0. The highest BCUT2D eigenvalue weighted by Crippen LogP contribution is 2.36. The molecule has 0 bridgehead atoms. The molecule has 34 heavy (non-hydrogen) atoms. The number of amides is 1. The highest BCUT2D eigenvalue weighted by atomic mass is 79.9. The third-order valence-corrected chi connectivity index (χ3v) is 6.53. The molecule has 1 fully saturated rings. The normalized spacial score (nSPS) is 15.9. The summed E-state index contributed by atoms with van der Waals surface area (Å²) in [5.41, 5.74) is 2.70. The van der Waals surface area contributed by atoms with Crippen molar-refractivity contribution in [2.45, 2.75) is 13.5 Å². The molecule has 0 aromatic heterocycles. The molecule has 3 aromatic rings. The van der Waals surface area contributed by atoms with E-state index in [1.807, 2.05) is 91.9 Å². The number of ether oxygens (including phenoxy) is 2. The second-order valence-corrected chi connectivity index (χ2v) is 9.38. The number of aliphatic imine (C=N–C) groups is 1. The van der Waals surface area contributed by atoms with Gasteiger partial charge in [-0.3, -0.25) is 9.69 Å². The summed E-state index contributed by atoms with van der Waals surface area (Å²) in [5.74, 6) is 0.621. The summed E-state index contributed by atoms with van der Waals surface area (Å²) in [5, 5.41) is 0.643. The zero-order valence-electron chi connectivity index (χ0n) is 18.8. The summed E-state index contributed by atoms with van der Waals surface area (Å²) in [4.78, 5) is 20.3. The van der Waals surface area contributed by atoms with E-state index in [0.717, 1.165) is 21.3 Å². The van der Waals surface area contributed by atoms with Gasteiger partial charge in [0.1, 0.15) is 12.4 Å². The topological polar surface area (TPSA) is 51.1 Å². The number of nitrogens with zero attached hydrogens (tertiary/aromatic N) is 2. The number of hydrogen-bond donors (Lipinski definition) is 0. The van der Waals surface area contributed by atoms with Gasteiger partial charge in [0, 0.05) is 16.6 Å². The van der Waals surface area contributed by atoms with Crippen molar-refractivity contribution in [2.24, 2.45) is 4.99 Å². The van der Waals surface area contributed by atoms with Gasteiger partial charge in [0.15, 0.2) is 5.17 Å². The predicted octanol–water partition coefficient (Wildman–Crippen LogP) is 6.67. The van der Waals surface area contributed by atoms with Crippen molar-refractivity contribution in [3.05, 3.63) is 99.4 Å². The zero-order valence-corrected chi connectivity index (χ0v) is 21.2. The van der Waals surface area contributed by atoms with Crippen molar-refractivity contribution in [1.82, 2.24) is 4.90 Å². The van der Waals surface area contributed by atoms with Crippen LogP contribution in [0.4, 0.5) is 5.69 Å². The third-order valence-electron chi connectivity index (χ3n) is 5.03. The van der Waals surface area contributed by atoms with Gasteiger partial charge in [-0.2, -0.15) is 0 Å². The standard InChI is InChI=1S/C27H25BrN2O3S/c1-2-32-16-15-30-26(31)25(34-27(30)29-23-11-7-4-8-12-23)18-21-17-22(28)13-14-24(21)33-19-20-9-5-3-6-10-20/h3-14,17-18H,2,15-16,19H2,1H3/b25-18-,29-27?. The lowest BCUT2D eigenvalue weighted by Gasteiger charge is -2.15. The molecular formula is C27H25BrN2O3S. The van der Waals surface area contributed by atoms with Gasteiger partial charge < -0.3 is 9.47 Å². The van der Waals surface area contributed by atoms with Crippen LogP contribution in [0.3, 0.4) is 0 Å². The van der Waals surface area contributed by atoms with E-state index in [2.05, 4.69) is 15.9 Å². The highest BCUT2D eigenvalue weighted by Gasteiger charge is 2.33. The number of rotatable bonds is 9. The Morgan fingerprint density at radius 3 is 2.50 bits per heavy atom. The van der Waals surface area contributed by atoms with E-state index >= 15 is 0 Å². The first-order valence-electron chi connectivity index (χ1n) is 11.0. The summed E-state index contributed by atoms with van der Waals surface area (Å²) >= 11 is 4.90. The Kier molecular flexibility index (Phi) is 8.57. The monoisotopic (exact) mass is 536 g/mol. The quantitative estimate of drug-likeness (QED) is 0.226. The van der Waals surface area contributed by atoms with Crippen molar-refractivity contribution in [3.63, 3.8) is 0 Å². The first-order chi connectivity index (χ1) is 16.6. The van der Waals surface area contributed by atoms with Crippen LogP contribution in [0.5, 0.6) is 5.75 Å². The first-order valence-corrected chi connectivity index (χ1v) is 12.6. The molecule has 0 N–H and O–H groups in total. The van der Waals surface area contributed by atoms with Crippen molar-refractivity contribution in [2.75, 3.05) is 19.8 Å². The maximum absolute atomic E-state index is 13.3. The Bertz CT molecular complexity index is 1180. The summed E-state index contributed by atoms with van der Waals surface area (Å²) in [6.45, 7) is 3.88. The van der Waals surface area contributed by atoms with E-state index < -0.39 is 0 Å². The molecule has 5 nitrogen and oxygen atoms in total. The van der Waals surface area contributed by atoms with Gasteiger partial charge in [0.2, 0.25) is 0 Å². The minimum atomic E-state index is -0.0895. The van der Waals surface area contributed by atoms with Gasteiger partial charge in [-0.05, 0) is 60.7 Å². The summed E-state index contributed by atoms with van der Waals surface area (Å²) in [7, 11) is 0. The SMILES string of the molecule is CCOCCN1C(=O)/C(=C/c2cc(Br)ccc2OCc2ccccc2)SC1=Nc1ccccc1. The van der Waals surface area contributed by atoms with E-state index in [4.69, 9.17) is 14.5 Å². The van der Waals surface area contributed by atoms with Crippen LogP contribution in [0.15, 0.2) is 93.2 Å². The molecule has 1 amide bonds. The lowest BCUT2D eigenvalue weighted by Crippen LogP contribution is -2.32. The first kappa shape index (κ1) is 24.3. The summed E-state index contributed by atoms with van der Waals surface area (Å²) in [6.07, 6.45) is 1.87. The van der Waals surface area contributed by atoms with E-state index in [0.29, 0.717) is 42.2 Å². The minimum absolute atomic E-state index is 0.0895. The van der Waals surface area contributed by atoms with Crippen molar-refractivity contribution in [3.8, 4) is 5.75 Å². The molecule has 0 atom stereocenters. The molecule has 0 spiro atoms. The number of thioether (sulfide) groups is 1. The maximum Gasteiger partial charge on any atom is 0.266 e. The molecule has 1 aliphatic heterocycles. The fraction of sp³-hybridized carbons (Fsp3) is 0.185. The molecule has 0 radical (unpaired) electrons. The minimum Gasteiger partial charge on any atom is -0.488 e. The molecule has 0 saturated carbocycles. The molecule has 174 valence electrons. The van der Waals surface area contributed by atoms with E-state index in [9.17, 15) is 4.79 Å². The number of hydrogen-bond acceptors (Lipinski definition) is 5. The van der Waals surface area contributed by atoms with Gasteiger partial charge in [0.05, 0.1) is 23.7 Å². The van der Waals surface area contributed by atoms with Gasteiger partial charge in [-0.1, -0.05) is 64.5 Å². The number of carbonyl (C=O) groups is 1. The number of carbonyl (C=O) groups excluding carboxylic acids is 1. The average molecular weight is 537 g/mol. The smallest absolute Gasteiger partial charge is 0.266 e. The Morgan fingerprint density at radius 2 is 1.76 bits per heavy atom. The number of halogens is 1.